The quantitative estimate of drug-likeness (QED) is 0.545. The summed E-state index contributed by atoms with van der Waals surface area (Å²) >= 11 is 7.90. The molecule has 3 heterocycles. The van der Waals surface area contributed by atoms with E-state index in [0.717, 1.165) is 25.1 Å². The molecule has 9 heteroatoms. The van der Waals surface area contributed by atoms with Crippen LogP contribution in [-0.2, 0) is 24.2 Å². The van der Waals surface area contributed by atoms with Gasteiger partial charge >= 0.3 is 0 Å². The van der Waals surface area contributed by atoms with Crippen molar-refractivity contribution in [3.05, 3.63) is 84.9 Å². The van der Waals surface area contributed by atoms with Gasteiger partial charge in [-0.1, -0.05) is 23.7 Å². The number of halogens is 1. The van der Waals surface area contributed by atoms with Gasteiger partial charge < -0.3 is 10.1 Å². The maximum absolute atomic E-state index is 12.9. The largest absolute Gasteiger partial charge is 0.383 e. The highest BCUT2D eigenvalue weighted by molar-refractivity contribution is 7.10. The number of rotatable bonds is 8. The lowest BCUT2D eigenvalue weighted by atomic mass is 10.0. The van der Waals surface area contributed by atoms with Crippen LogP contribution in [0.3, 0.4) is 0 Å². The van der Waals surface area contributed by atoms with E-state index in [1.54, 1.807) is 18.4 Å². The molecular weight excluding hydrogens is 448 g/mol. The number of carbonyl (C=O) groups is 1. The van der Waals surface area contributed by atoms with E-state index in [9.17, 15) is 9.59 Å². The van der Waals surface area contributed by atoms with Crippen molar-refractivity contribution in [3.63, 3.8) is 0 Å². The standard InChI is InChI=1S/C23H25ClN4O3S/c1-31-12-11-28-22(29)7-6-19(26-28)23(30)25-14-20(16-2-4-18(24)5-3-16)27-10-8-21-17(15-27)9-13-32-21/h2-7,9,13,20H,8,10-12,14-15H2,1H3,(H,25,30). The van der Waals surface area contributed by atoms with Crippen LogP contribution >= 0.6 is 22.9 Å². The van der Waals surface area contributed by atoms with Gasteiger partial charge in [0.15, 0.2) is 0 Å². The van der Waals surface area contributed by atoms with Gasteiger partial charge in [-0.3, -0.25) is 14.5 Å². The van der Waals surface area contributed by atoms with Crippen LogP contribution in [0, 0.1) is 0 Å². The van der Waals surface area contributed by atoms with Crippen molar-refractivity contribution in [2.75, 3.05) is 26.8 Å². The molecule has 0 bridgehead atoms. The van der Waals surface area contributed by atoms with Crippen molar-refractivity contribution >= 4 is 28.8 Å². The van der Waals surface area contributed by atoms with Crippen molar-refractivity contribution in [3.8, 4) is 0 Å². The van der Waals surface area contributed by atoms with Gasteiger partial charge in [0.2, 0.25) is 0 Å². The number of aromatic nitrogens is 2. The fourth-order valence-corrected chi connectivity index (χ4v) is 4.88. The zero-order chi connectivity index (χ0) is 22.5. The van der Waals surface area contributed by atoms with Crippen LogP contribution in [-0.4, -0.2) is 47.4 Å². The Morgan fingerprint density at radius 1 is 1.25 bits per heavy atom. The molecule has 0 radical (unpaired) electrons. The number of hydrogen-bond acceptors (Lipinski definition) is 6. The first-order valence-corrected chi connectivity index (χ1v) is 11.7. The summed E-state index contributed by atoms with van der Waals surface area (Å²) in [7, 11) is 1.55. The predicted molar refractivity (Wildman–Crippen MR) is 125 cm³/mol. The molecule has 4 rings (SSSR count). The van der Waals surface area contributed by atoms with E-state index in [-0.39, 0.29) is 23.2 Å². The minimum absolute atomic E-state index is 0.0105. The van der Waals surface area contributed by atoms with Gasteiger partial charge in [-0.05, 0) is 47.2 Å². The molecule has 1 aromatic carbocycles. The van der Waals surface area contributed by atoms with E-state index >= 15 is 0 Å². The third kappa shape index (κ3) is 5.27. The fourth-order valence-electron chi connectivity index (χ4n) is 3.87. The zero-order valence-corrected chi connectivity index (χ0v) is 19.4. The molecule has 0 saturated carbocycles. The summed E-state index contributed by atoms with van der Waals surface area (Å²) in [4.78, 5) is 28.6. The number of methoxy groups -OCH3 is 1. The SMILES string of the molecule is COCCn1nc(C(=O)NCC(c2ccc(Cl)cc2)N2CCc3sccc3C2)ccc1=O. The molecule has 1 amide bonds. The summed E-state index contributed by atoms with van der Waals surface area (Å²) in [6, 6.07) is 12.7. The van der Waals surface area contributed by atoms with Crippen LogP contribution in [0.1, 0.15) is 32.5 Å². The Kier molecular flexibility index (Phi) is 7.36. The van der Waals surface area contributed by atoms with E-state index in [4.69, 9.17) is 16.3 Å². The van der Waals surface area contributed by atoms with E-state index in [1.165, 1.54) is 27.3 Å². The summed E-state index contributed by atoms with van der Waals surface area (Å²) in [5, 5.41) is 10.0. The number of hydrogen-bond donors (Lipinski definition) is 1. The summed E-state index contributed by atoms with van der Waals surface area (Å²) < 4.78 is 6.26. The van der Waals surface area contributed by atoms with Gasteiger partial charge in [0.25, 0.3) is 11.5 Å². The molecule has 168 valence electrons. The number of ether oxygens (including phenoxy) is 1. The third-order valence-corrected chi connectivity index (χ3v) is 6.87. The molecule has 1 atom stereocenters. The molecule has 0 spiro atoms. The monoisotopic (exact) mass is 472 g/mol. The van der Waals surface area contributed by atoms with E-state index in [0.29, 0.717) is 24.7 Å². The minimum Gasteiger partial charge on any atom is -0.383 e. The van der Waals surface area contributed by atoms with E-state index in [2.05, 4.69) is 26.8 Å². The lowest BCUT2D eigenvalue weighted by Gasteiger charge is -2.35. The minimum atomic E-state index is -0.316. The topological polar surface area (TPSA) is 76.5 Å². The Balaban J connectivity index is 1.51. The first kappa shape index (κ1) is 22.7. The molecule has 32 heavy (non-hydrogen) atoms. The number of carbonyl (C=O) groups excluding carboxylic acids is 1. The van der Waals surface area contributed by atoms with Crippen LogP contribution < -0.4 is 10.9 Å². The summed E-state index contributed by atoms with van der Waals surface area (Å²) in [5.74, 6) is -0.316. The smallest absolute Gasteiger partial charge is 0.271 e. The summed E-state index contributed by atoms with van der Waals surface area (Å²) in [5.41, 5.74) is 2.37. The molecule has 2 aromatic heterocycles. The van der Waals surface area contributed by atoms with Crippen LogP contribution in [0.25, 0.3) is 0 Å². The first-order valence-electron chi connectivity index (χ1n) is 10.4. The predicted octanol–water partition coefficient (Wildman–Crippen LogP) is 3.13. The highest BCUT2D eigenvalue weighted by atomic mass is 35.5. The maximum Gasteiger partial charge on any atom is 0.271 e. The average molecular weight is 473 g/mol. The van der Waals surface area contributed by atoms with Gasteiger partial charge in [-0.2, -0.15) is 5.10 Å². The second kappa shape index (κ2) is 10.4. The number of amides is 1. The van der Waals surface area contributed by atoms with Crippen LogP contribution in [0.5, 0.6) is 0 Å². The lowest BCUT2D eigenvalue weighted by molar-refractivity contribution is 0.0919. The lowest BCUT2D eigenvalue weighted by Crippen LogP contribution is -2.41. The number of thiophene rings is 1. The molecule has 1 aliphatic rings. The molecule has 0 fully saturated rings. The number of nitrogens with zero attached hydrogens (tertiary/aromatic N) is 3. The normalized spacial score (nSPS) is 14.7. The average Bonchev–Trinajstić information content (AvgIpc) is 3.27. The Bertz CT molecular complexity index is 1130. The third-order valence-electron chi connectivity index (χ3n) is 5.60. The fraction of sp³-hybridized carbons (Fsp3) is 0.348. The van der Waals surface area contributed by atoms with Crippen molar-refractivity contribution in [2.24, 2.45) is 0 Å². The molecule has 1 N–H and O–H groups in total. The van der Waals surface area contributed by atoms with Crippen LogP contribution in [0.2, 0.25) is 5.02 Å². The van der Waals surface area contributed by atoms with Gasteiger partial charge in [-0.25, -0.2) is 4.68 Å². The highest BCUT2D eigenvalue weighted by Crippen LogP contribution is 2.30. The van der Waals surface area contributed by atoms with Gasteiger partial charge in [0, 0.05) is 42.7 Å². The van der Waals surface area contributed by atoms with E-state index < -0.39 is 0 Å². The first-order chi connectivity index (χ1) is 15.5. The molecule has 0 aliphatic carbocycles. The van der Waals surface area contributed by atoms with Crippen LogP contribution in [0.15, 0.2) is 52.6 Å². The molecular formula is C23H25ClN4O3S. The van der Waals surface area contributed by atoms with Gasteiger partial charge in [-0.15, -0.1) is 11.3 Å². The Morgan fingerprint density at radius 2 is 2.06 bits per heavy atom. The highest BCUT2D eigenvalue weighted by Gasteiger charge is 2.26. The van der Waals surface area contributed by atoms with Crippen molar-refractivity contribution in [2.45, 2.75) is 25.6 Å². The second-order valence-electron chi connectivity index (χ2n) is 7.64. The molecule has 3 aromatic rings. The summed E-state index contributed by atoms with van der Waals surface area (Å²) in [6.07, 6.45) is 0.997. The molecule has 0 saturated heterocycles. The van der Waals surface area contributed by atoms with Crippen molar-refractivity contribution < 1.29 is 9.53 Å². The number of fused-ring (bicyclic) bond motifs is 1. The van der Waals surface area contributed by atoms with Crippen molar-refractivity contribution in [1.82, 2.24) is 20.0 Å². The molecule has 1 aliphatic heterocycles. The Labute approximate surface area is 195 Å². The Morgan fingerprint density at radius 3 is 2.84 bits per heavy atom. The van der Waals surface area contributed by atoms with Crippen LogP contribution in [0.4, 0.5) is 0 Å². The molecule has 7 nitrogen and oxygen atoms in total. The van der Waals surface area contributed by atoms with Gasteiger partial charge in [0.05, 0.1) is 19.2 Å². The summed E-state index contributed by atoms with van der Waals surface area (Å²) in [6.45, 7) is 2.80. The number of nitrogens with one attached hydrogen (secondary N) is 1. The van der Waals surface area contributed by atoms with E-state index in [1.807, 2.05) is 24.3 Å². The van der Waals surface area contributed by atoms with Crippen molar-refractivity contribution in [1.29, 1.82) is 0 Å². The second-order valence-corrected chi connectivity index (χ2v) is 9.08. The molecule has 1 unspecified atom stereocenters. The zero-order valence-electron chi connectivity index (χ0n) is 17.8. The maximum atomic E-state index is 12.9. The van der Waals surface area contributed by atoms with Gasteiger partial charge in [0.1, 0.15) is 5.69 Å². The Hall–Kier alpha value is -2.52. The number of benzene rings is 1.